The normalized spacial score (nSPS) is 20.7. The number of aliphatic hydroxyl groups excluding tert-OH is 1. The lowest BCUT2D eigenvalue weighted by atomic mass is 10.0. The van der Waals surface area contributed by atoms with Crippen molar-refractivity contribution in [1.82, 2.24) is 18.4 Å². The number of carbonyl (C=O) groups excluding carboxylic acids is 2. The topological polar surface area (TPSA) is 138 Å². The van der Waals surface area contributed by atoms with Gasteiger partial charge in [0.25, 0.3) is 5.91 Å². The van der Waals surface area contributed by atoms with E-state index < -0.39 is 40.0 Å². The molecule has 2 atom stereocenters. The van der Waals surface area contributed by atoms with E-state index in [2.05, 4.69) is 10.4 Å². The second kappa shape index (κ2) is 9.27. The molecule has 0 aliphatic carbocycles. The van der Waals surface area contributed by atoms with Gasteiger partial charge in [0.15, 0.2) is 11.6 Å². The van der Waals surface area contributed by atoms with Gasteiger partial charge in [0.05, 0.1) is 29.0 Å². The predicted molar refractivity (Wildman–Crippen MR) is 127 cm³/mol. The fraction of sp³-hybridized carbons (Fsp3) is 0.381. The minimum absolute atomic E-state index is 0.0332. The number of furan rings is 1. The van der Waals surface area contributed by atoms with E-state index in [-0.39, 0.29) is 49.6 Å². The zero-order valence-corrected chi connectivity index (χ0v) is 21.2. The van der Waals surface area contributed by atoms with E-state index in [0.29, 0.717) is 14.4 Å². The van der Waals surface area contributed by atoms with E-state index in [1.165, 1.54) is 23.7 Å². The molecule has 11 nitrogen and oxygen atoms in total. The molecule has 0 aromatic carbocycles. The maximum Gasteiger partial charge on any atom is 0.307 e. The van der Waals surface area contributed by atoms with Crippen molar-refractivity contribution in [1.29, 1.82) is 0 Å². The van der Waals surface area contributed by atoms with Crippen LogP contribution >= 0.6 is 22.9 Å². The summed E-state index contributed by atoms with van der Waals surface area (Å²) in [7, 11) is -4.32. The Kier molecular flexibility index (Phi) is 6.41. The number of aryl methyl sites for hydroxylation is 1. The van der Waals surface area contributed by atoms with Crippen LogP contribution in [0.4, 0.5) is 10.2 Å². The Morgan fingerprint density at radius 2 is 2.19 bits per heavy atom. The van der Waals surface area contributed by atoms with Gasteiger partial charge in [-0.1, -0.05) is 11.6 Å². The highest BCUT2D eigenvalue weighted by molar-refractivity contribution is 7.87. The number of nitrogens with one attached hydrogen (secondary N) is 1. The molecular formula is C21H21ClFN5O6S2. The summed E-state index contributed by atoms with van der Waals surface area (Å²) < 4.78 is 50.0. The lowest BCUT2D eigenvalue weighted by Gasteiger charge is -2.39. The van der Waals surface area contributed by atoms with Gasteiger partial charge in [-0.25, -0.2) is 8.70 Å². The molecule has 36 heavy (non-hydrogen) atoms. The first kappa shape index (κ1) is 24.9. The number of β-lactam (4-membered cyclic amide) rings is 1. The third-order valence-electron chi connectivity index (χ3n) is 5.99. The summed E-state index contributed by atoms with van der Waals surface area (Å²) in [5.74, 6) is -2.21. The number of hydrogen-bond acceptors (Lipinski definition) is 9. The molecule has 2 aliphatic heterocycles. The summed E-state index contributed by atoms with van der Waals surface area (Å²) in [6.45, 7) is 1.63. The van der Waals surface area contributed by atoms with Gasteiger partial charge in [0, 0.05) is 18.0 Å². The number of hydrogen-bond donors (Lipinski definition) is 2. The molecule has 2 N–H and O–H groups in total. The number of thiophene rings is 1. The van der Waals surface area contributed by atoms with Gasteiger partial charge in [-0.15, -0.1) is 11.3 Å². The molecule has 15 heteroatoms. The van der Waals surface area contributed by atoms with E-state index in [1.807, 2.05) is 0 Å². The third kappa shape index (κ3) is 4.32. The van der Waals surface area contributed by atoms with E-state index in [0.717, 1.165) is 13.9 Å². The number of aromatic nitrogens is 2. The first-order valence-electron chi connectivity index (χ1n) is 10.9. The Morgan fingerprint density at radius 3 is 2.78 bits per heavy atom. The van der Waals surface area contributed by atoms with Gasteiger partial charge >= 0.3 is 10.2 Å². The van der Waals surface area contributed by atoms with Crippen molar-refractivity contribution in [3.05, 3.63) is 56.5 Å². The highest BCUT2D eigenvalue weighted by atomic mass is 35.5. The molecule has 1 amide bonds. The molecule has 2 fully saturated rings. The van der Waals surface area contributed by atoms with Crippen LogP contribution in [-0.4, -0.2) is 62.9 Å². The quantitative estimate of drug-likeness (QED) is 0.423. The summed E-state index contributed by atoms with van der Waals surface area (Å²) >= 11 is 7.23. The minimum atomic E-state index is -4.32. The van der Waals surface area contributed by atoms with Crippen molar-refractivity contribution in [3.8, 4) is 0 Å². The highest BCUT2D eigenvalue weighted by Gasteiger charge is 2.51. The van der Waals surface area contributed by atoms with Gasteiger partial charge in [-0.3, -0.25) is 9.59 Å². The zero-order chi connectivity index (χ0) is 25.8. The van der Waals surface area contributed by atoms with Crippen LogP contribution in [0.15, 0.2) is 28.9 Å². The number of amides is 1. The molecule has 2 aliphatic rings. The van der Waals surface area contributed by atoms with Crippen LogP contribution in [0.5, 0.6) is 0 Å². The van der Waals surface area contributed by atoms with Crippen LogP contribution < -0.4 is 5.32 Å². The van der Waals surface area contributed by atoms with E-state index in [4.69, 9.17) is 16.0 Å². The number of carbonyl (C=O) groups is 2. The van der Waals surface area contributed by atoms with Crippen molar-refractivity contribution in [2.45, 2.75) is 38.5 Å². The Bertz CT molecular complexity index is 1450. The van der Waals surface area contributed by atoms with Crippen molar-refractivity contribution in [2.75, 3.05) is 18.4 Å². The summed E-state index contributed by atoms with van der Waals surface area (Å²) in [5.41, 5.74) is -0.248. The molecule has 3 aromatic heterocycles. The fourth-order valence-electron chi connectivity index (χ4n) is 4.17. The van der Waals surface area contributed by atoms with Gasteiger partial charge in [0.2, 0.25) is 5.91 Å². The van der Waals surface area contributed by atoms with Crippen LogP contribution in [0.2, 0.25) is 4.34 Å². The molecular weight excluding hydrogens is 537 g/mol. The van der Waals surface area contributed by atoms with E-state index in [1.54, 1.807) is 19.1 Å². The Hall–Kier alpha value is -2.78. The third-order valence-corrected chi connectivity index (χ3v) is 9.17. The lowest BCUT2D eigenvalue weighted by molar-refractivity contribution is -0.138. The molecule has 2 saturated heterocycles. The van der Waals surface area contributed by atoms with Gasteiger partial charge in [-0.05, 0) is 31.5 Å². The monoisotopic (exact) mass is 557 g/mol. The minimum Gasteiger partial charge on any atom is -0.469 e. The van der Waals surface area contributed by atoms with Crippen molar-refractivity contribution >= 4 is 50.8 Å². The molecule has 192 valence electrons. The Labute approximate surface area is 214 Å². The van der Waals surface area contributed by atoms with Gasteiger partial charge in [0.1, 0.15) is 23.8 Å². The van der Waals surface area contributed by atoms with Crippen LogP contribution in [0.1, 0.15) is 45.6 Å². The highest BCUT2D eigenvalue weighted by Crippen LogP contribution is 2.41. The lowest BCUT2D eigenvalue weighted by Crippen LogP contribution is -2.55. The number of rotatable bonds is 7. The van der Waals surface area contributed by atoms with Gasteiger partial charge in [-0.2, -0.15) is 22.5 Å². The van der Waals surface area contributed by atoms with Crippen LogP contribution in [0.25, 0.3) is 0 Å². The van der Waals surface area contributed by atoms with Crippen molar-refractivity contribution in [2.24, 2.45) is 0 Å². The Morgan fingerprint density at radius 1 is 1.42 bits per heavy atom. The summed E-state index contributed by atoms with van der Waals surface area (Å²) in [5, 5.41) is 16.7. The van der Waals surface area contributed by atoms with Crippen LogP contribution in [0, 0.1) is 12.7 Å². The van der Waals surface area contributed by atoms with Gasteiger partial charge < -0.3 is 14.8 Å². The average molecular weight is 558 g/mol. The van der Waals surface area contributed by atoms with E-state index in [9.17, 15) is 23.1 Å². The number of nitrogens with zero attached hydrogens (tertiary/aromatic N) is 4. The molecule has 3 aromatic rings. The molecule has 5 heterocycles. The number of β-amino-alcohol motifs (C(OH)–C–C–N with tert-alkyl or cyclic N) is 1. The zero-order valence-electron chi connectivity index (χ0n) is 18.8. The first-order chi connectivity index (χ1) is 17.1. The van der Waals surface area contributed by atoms with E-state index >= 15 is 4.39 Å². The number of anilines is 1. The number of aliphatic hydroxyl groups is 1. The molecule has 0 spiro atoms. The fourth-order valence-corrected chi connectivity index (χ4v) is 6.97. The second-order valence-corrected chi connectivity index (χ2v) is 12.1. The Balaban J connectivity index is 1.50. The standard InChI is InChI=1S/C21H21ClFN5O6S2/c1-11-6-12(10-34-11)21(31)27-20(24-8-14-2-3-16(22)35-14)18(23)19(25-27)15-7-17(30)28(15)36(32,33)26-5-4-13(29)9-26/h2-3,6,10,13,15,24,29H,4-5,7-9H2,1H3. The molecule has 5 rings (SSSR count). The molecule has 0 saturated carbocycles. The average Bonchev–Trinajstić information content (AvgIpc) is 3.59. The summed E-state index contributed by atoms with van der Waals surface area (Å²) in [6, 6.07) is 3.65. The van der Waals surface area contributed by atoms with Crippen molar-refractivity contribution in [3.63, 3.8) is 0 Å². The van der Waals surface area contributed by atoms with Crippen LogP contribution in [-0.2, 0) is 21.5 Å². The SMILES string of the molecule is Cc1cc(C(=O)n2nc(C3CC(=O)N3S(=O)(=O)N3CCC(O)C3)c(F)c2NCc2ccc(Cl)s2)co1. The van der Waals surface area contributed by atoms with Crippen LogP contribution in [0.3, 0.4) is 0 Å². The van der Waals surface area contributed by atoms with Crippen molar-refractivity contribution < 1.29 is 31.9 Å². The summed E-state index contributed by atoms with van der Waals surface area (Å²) in [4.78, 5) is 26.3. The first-order valence-corrected chi connectivity index (χ1v) is 13.5. The largest absolute Gasteiger partial charge is 0.469 e. The summed E-state index contributed by atoms with van der Waals surface area (Å²) in [6.07, 6.45) is 0.294. The molecule has 0 radical (unpaired) electrons. The maximum atomic E-state index is 15.8. The maximum absolute atomic E-state index is 15.8. The molecule has 0 bridgehead atoms. The second-order valence-electron chi connectivity index (χ2n) is 8.49. The molecule has 2 unspecified atom stereocenters. The smallest absolute Gasteiger partial charge is 0.307 e. The number of halogens is 2. The predicted octanol–water partition coefficient (Wildman–Crippen LogP) is 2.52.